The van der Waals surface area contributed by atoms with E-state index in [4.69, 9.17) is 10.5 Å². The Balaban J connectivity index is 1.95. The van der Waals surface area contributed by atoms with Crippen molar-refractivity contribution < 1.29 is 9.90 Å². The Kier molecular flexibility index (Phi) is 6.24. The van der Waals surface area contributed by atoms with Crippen molar-refractivity contribution in [3.63, 3.8) is 0 Å². The van der Waals surface area contributed by atoms with Crippen molar-refractivity contribution in [2.24, 2.45) is 0 Å². The smallest absolute Gasteiger partial charge is 0.341 e. The number of benzene rings is 2. The summed E-state index contributed by atoms with van der Waals surface area (Å²) in [4.78, 5) is 20.1. The van der Waals surface area contributed by atoms with Crippen molar-refractivity contribution in [1.82, 2.24) is 9.97 Å². The summed E-state index contributed by atoms with van der Waals surface area (Å²) in [6.45, 7) is 3.77. The lowest BCUT2D eigenvalue weighted by Crippen LogP contribution is -2.09. The fourth-order valence-corrected chi connectivity index (χ4v) is 2.99. The monoisotopic (exact) mass is 410 g/mol. The van der Waals surface area contributed by atoms with Gasteiger partial charge in [0.15, 0.2) is 5.82 Å². The highest BCUT2D eigenvalue weighted by molar-refractivity contribution is 5.94. The van der Waals surface area contributed by atoms with E-state index >= 15 is 0 Å². The second-order valence-corrected chi connectivity index (χ2v) is 6.69. The maximum atomic E-state index is 11.7. The summed E-state index contributed by atoms with van der Waals surface area (Å²) < 4.78 is 0. The predicted octanol–water partition coefficient (Wildman–Crippen LogP) is 4.69. The van der Waals surface area contributed by atoms with Crippen LogP contribution in [0.15, 0.2) is 48.7 Å². The van der Waals surface area contributed by atoms with Gasteiger partial charge in [0.2, 0.25) is 5.95 Å². The molecule has 0 atom stereocenters. The zero-order valence-corrected chi connectivity index (χ0v) is 16.8. The molecule has 3 N–H and O–H groups in total. The third-order valence-corrected chi connectivity index (χ3v) is 4.44. The topological polar surface area (TPSA) is 135 Å². The van der Waals surface area contributed by atoms with Crippen LogP contribution in [0.1, 0.15) is 32.6 Å². The maximum Gasteiger partial charge on any atom is 0.341 e. The van der Waals surface area contributed by atoms with Crippen LogP contribution in [0.2, 0.25) is 0 Å². The van der Waals surface area contributed by atoms with Crippen LogP contribution in [-0.2, 0) is 0 Å². The molecule has 0 saturated heterocycles. The molecule has 2 aromatic carbocycles. The van der Waals surface area contributed by atoms with Gasteiger partial charge in [-0.15, -0.1) is 0 Å². The van der Waals surface area contributed by atoms with Crippen molar-refractivity contribution in [2.75, 3.05) is 10.6 Å². The molecule has 0 bridgehead atoms. The average molecular weight is 410 g/mol. The molecular weight excluding hydrogens is 392 g/mol. The molecule has 0 aliphatic carbocycles. The number of allylic oxidation sites excluding steroid dienone is 1. The number of nitriles is 2. The minimum atomic E-state index is -1.16. The first-order valence-electron chi connectivity index (χ1n) is 9.23. The average Bonchev–Trinajstić information content (AvgIpc) is 2.75. The number of carbonyl (C=O) groups is 1. The lowest BCUT2D eigenvalue weighted by atomic mass is 10.0. The molecule has 8 nitrogen and oxygen atoms in total. The molecule has 0 saturated carbocycles. The van der Waals surface area contributed by atoms with Gasteiger partial charge in [-0.1, -0.05) is 0 Å². The first-order chi connectivity index (χ1) is 14.9. The molecule has 0 aliphatic heterocycles. The van der Waals surface area contributed by atoms with Crippen molar-refractivity contribution >= 4 is 35.2 Å². The molecule has 1 heterocycles. The number of nitrogens with zero attached hydrogens (tertiary/aromatic N) is 4. The minimum Gasteiger partial charge on any atom is -0.477 e. The Bertz CT molecular complexity index is 1230. The number of carboxylic acid groups (broad SMARTS) is 1. The Morgan fingerprint density at radius 2 is 1.77 bits per heavy atom. The largest absolute Gasteiger partial charge is 0.477 e. The highest BCUT2D eigenvalue weighted by atomic mass is 16.4. The van der Waals surface area contributed by atoms with Gasteiger partial charge in [0.25, 0.3) is 0 Å². The molecule has 0 spiro atoms. The number of carboxylic acids is 1. The molecule has 0 unspecified atom stereocenters. The normalized spacial score (nSPS) is 10.3. The Morgan fingerprint density at radius 1 is 1.10 bits per heavy atom. The third-order valence-electron chi connectivity index (χ3n) is 4.44. The van der Waals surface area contributed by atoms with Crippen molar-refractivity contribution in [1.29, 1.82) is 10.5 Å². The second kappa shape index (κ2) is 9.21. The molecule has 0 aliphatic rings. The van der Waals surface area contributed by atoms with E-state index in [1.54, 1.807) is 30.3 Å². The molecule has 0 amide bonds. The van der Waals surface area contributed by atoms with Crippen LogP contribution in [0.25, 0.3) is 6.08 Å². The van der Waals surface area contributed by atoms with Crippen LogP contribution in [-0.4, -0.2) is 21.0 Å². The van der Waals surface area contributed by atoms with Crippen LogP contribution in [0.5, 0.6) is 0 Å². The molecule has 8 heteroatoms. The molecule has 3 aromatic rings. The van der Waals surface area contributed by atoms with E-state index < -0.39 is 5.97 Å². The van der Waals surface area contributed by atoms with E-state index in [2.05, 4.69) is 20.6 Å². The molecule has 1 aromatic heterocycles. The first-order valence-corrected chi connectivity index (χ1v) is 9.23. The van der Waals surface area contributed by atoms with Crippen LogP contribution in [0.4, 0.5) is 23.1 Å². The molecule has 3 rings (SSSR count). The summed E-state index contributed by atoms with van der Waals surface area (Å²) in [5.41, 5.74) is 4.44. The third kappa shape index (κ3) is 5.03. The maximum absolute atomic E-state index is 11.7. The summed E-state index contributed by atoms with van der Waals surface area (Å²) in [7, 11) is 0. The van der Waals surface area contributed by atoms with Gasteiger partial charge in [-0.05, 0) is 73.0 Å². The lowest BCUT2D eigenvalue weighted by molar-refractivity contribution is 0.0697. The quantitative estimate of drug-likeness (QED) is 0.498. The van der Waals surface area contributed by atoms with Gasteiger partial charge in [-0.3, -0.25) is 0 Å². The number of hydrogen-bond donors (Lipinski definition) is 3. The summed E-state index contributed by atoms with van der Waals surface area (Å²) in [5, 5.41) is 33.3. The molecule has 31 heavy (non-hydrogen) atoms. The fraction of sp³-hybridized carbons (Fsp3) is 0.0870. The van der Waals surface area contributed by atoms with Crippen molar-refractivity contribution in [3.05, 3.63) is 76.5 Å². The number of anilines is 4. The number of aromatic carboxylic acids is 1. The summed E-state index contributed by atoms with van der Waals surface area (Å²) in [6.07, 6.45) is 4.34. The highest BCUT2D eigenvalue weighted by Crippen LogP contribution is 2.28. The Morgan fingerprint density at radius 3 is 2.35 bits per heavy atom. The number of nitrogens with one attached hydrogen (secondary N) is 2. The van der Waals surface area contributed by atoms with E-state index in [0.717, 1.165) is 22.4 Å². The molecule has 152 valence electrons. The molecular formula is C23H18N6O2. The van der Waals surface area contributed by atoms with Gasteiger partial charge in [0.1, 0.15) is 5.56 Å². The highest BCUT2D eigenvalue weighted by Gasteiger charge is 2.16. The van der Waals surface area contributed by atoms with E-state index in [1.165, 1.54) is 12.3 Å². The standard InChI is InChI=1S/C23H18N6O2/c1-14-10-17(4-3-9-24)11-15(2)20(14)28-21-19(22(30)31)13-26-23(29-21)27-18-7-5-16(12-25)6-8-18/h3-8,10-11,13H,1-2H3,(H,30,31)(H2,26,27,28,29). The number of hydrogen-bond acceptors (Lipinski definition) is 7. The van der Waals surface area contributed by atoms with Gasteiger partial charge in [-0.25, -0.2) is 9.78 Å². The minimum absolute atomic E-state index is 0.0716. The van der Waals surface area contributed by atoms with Crippen molar-refractivity contribution in [2.45, 2.75) is 13.8 Å². The van der Waals surface area contributed by atoms with Crippen LogP contribution in [0.3, 0.4) is 0 Å². The van der Waals surface area contributed by atoms with Gasteiger partial charge < -0.3 is 15.7 Å². The van der Waals surface area contributed by atoms with Gasteiger partial charge >= 0.3 is 5.97 Å². The van der Waals surface area contributed by atoms with Crippen molar-refractivity contribution in [3.8, 4) is 12.1 Å². The second-order valence-electron chi connectivity index (χ2n) is 6.69. The van der Waals surface area contributed by atoms with Crippen LogP contribution >= 0.6 is 0 Å². The number of rotatable bonds is 6. The SMILES string of the molecule is Cc1cc(C=CC#N)cc(C)c1Nc1nc(Nc2ccc(C#N)cc2)ncc1C(=O)O. The van der Waals surface area contributed by atoms with E-state index in [9.17, 15) is 9.90 Å². The fourth-order valence-electron chi connectivity index (χ4n) is 2.99. The summed E-state index contributed by atoms with van der Waals surface area (Å²) in [5.74, 6) is -0.803. The number of aryl methyl sites for hydroxylation is 2. The number of aromatic nitrogens is 2. The Hall–Kier alpha value is -4.69. The van der Waals surface area contributed by atoms with Crippen LogP contribution < -0.4 is 10.6 Å². The summed E-state index contributed by atoms with van der Waals surface area (Å²) >= 11 is 0. The Labute approximate surface area is 179 Å². The predicted molar refractivity (Wildman–Crippen MR) is 117 cm³/mol. The van der Waals surface area contributed by atoms with E-state index in [-0.39, 0.29) is 17.3 Å². The molecule has 0 fully saturated rings. The lowest BCUT2D eigenvalue weighted by Gasteiger charge is -2.15. The summed E-state index contributed by atoms with van der Waals surface area (Å²) in [6, 6.07) is 14.5. The zero-order valence-electron chi connectivity index (χ0n) is 16.8. The first kappa shape index (κ1) is 21.0. The van der Waals surface area contributed by atoms with E-state index in [0.29, 0.717) is 11.3 Å². The van der Waals surface area contributed by atoms with Gasteiger partial charge in [-0.2, -0.15) is 15.5 Å². The van der Waals surface area contributed by atoms with Gasteiger partial charge in [0.05, 0.1) is 17.7 Å². The van der Waals surface area contributed by atoms with E-state index in [1.807, 2.05) is 38.1 Å². The molecule has 0 radical (unpaired) electrons. The van der Waals surface area contributed by atoms with Crippen LogP contribution in [0, 0.1) is 36.5 Å². The zero-order chi connectivity index (χ0) is 22.4. The van der Waals surface area contributed by atoms with Gasteiger partial charge in [0, 0.05) is 23.6 Å².